The molecular weight excluding hydrogens is 271 g/mol. The molecule has 1 amide bonds. The van der Waals surface area contributed by atoms with Crippen molar-refractivity contribution in [2.24, 2.45) is 11.5 Å². The van der Waals surface area contributed by atoms with Crippen molar-refractivity contribution in [1.82, 2.24) is 0 Å². The fourth-order valence-electron chi connectivity index (χ4n) is 1.40. The van der Waals surface area contributed by atoms with Crippen LogP contribution in [-0.4, -0.2) is 23.9 Å². The maximum atomic E-state index is 11.5. The van der Waals surface area contributed by atoms with Crippen molar-refractivity contribution in [1.29, 1.82) is 0 Å². The minimum Gasteiger partial charge on any atom is -1.00 e. The molecule has 0 heterocycles. The molecule has 0 saturated heterocycles. The summed E-state index contributed by atoms with van der Waals surface area (Å²) in [5.74, 6) is -2.08. The van der Waals surface area contributed by atoms with E-state index >= 15 is 0 Å². The molecule has 0 radical (unpaired) electrons. The summed E-state index contributed by atoms with van der Waals surface area (Å²) in [5, 5.41) is 0. The van der Waals surface area contributed by atoms with E-state index in [1.165, 1.54) is 0 Å². The number of rotatable bonds is 6. The van der Waals surface area contributed by atoms with Crippen LogP contribution in [0.15, 0.2) is 30.3 Å². The van der Waals surface area contributed by atoms with Gasteiger partial charge in [0.05, 0.1) is 6.42 Å². The molecule has 0 aromatic heterocycles. The number of hydrogen-bond donors (Lipinski definition) is 2. The SMILES string of the molecule is NC(=O)CC[C@H](N)C(=O)OC(=O)Cc1ccccc1.[H-].[Na+]. The number of nitrogens with two attached hydrogens (primary N) is 2. The zero-order valence-corrected chi connectivity index (χ0v) is 13.4. The van der Waals surface area contributed by atoms with Crippen LogP contribution in [0.2, 0.25) is 0 Å². The number of hydrogen-bond acceptors (Lipinski definition) is 5. The van der Waals surface area contributed by atoms with Crippen molar-refractivity contribution in [3.05, 3.63) is 35.9 Å². The molecule has 0 bridgehead atoms. The molecule has 0 aliphatic rings. The Balaban J connectivity index is 0. The van der Waals surface area contributed by atoms with Crippen molar-refractivity contribution >= 4 is 17.8 Å². The molecule has 20 heavy (non-hydrogen) atoms. The third kappa shape index (κ3) is 7.40. The number of carbonyl (C=O) groups excluding carboxylic acids is 3. The molecule has 1 aromatic rings. The van der Waals surface area contributed by atoms with Crippen LogP contribution in [0.4, 0.5) is 0 Å². The van der Waals surface area contributed by atoms with E-state index in [1.807, 2.05) is 6.07 Å². The van der Waals surface area contributed by atoms with Crippen molar-refractivity contribution in [2.45, 2.75) is 25.3 Å². The van der Waals surface area contributed by atoms with Gasteiger partial charge in [-0.2, -0.15) is 0 Å². The van der Waals surface area contributed by atoms with Crippen molar-refractivity contribution in [3.63, 3.8) is 0 Å². The Labute approximate surface area is 140 Å². The fourth-order valence-corrected chi connectivity index (χ4v) is 1.40. The van der Waals surface area contributed by atoms with Gasteiger partial charge in [0.2, 0.25) is 5.91 Å². The van der Waals surface area contributed by atoms with Crippen LogP contribution in [0.1, 0.15) is 19.8 Å². The Morgan fingerprint density at radius 1 is 1.20 bits per heavy atom. The number of primary amides is 1. The van der Waals surface area contributed by atoms with Crippen molar-refractivity contribution < 1.29 is 50.1 Å². The molecule has 0 fully saturated rings. The zero-order chi connectivity index (χ0) is 14.3. The third-order valence-electron chi connectivity index (χ3n) is 2.41. The van der Waals surface area contributed by atoms with E-state index in [4.69, 9.17) is 11.5 Å². The summed E-state index contributed by atoms with van der Waals surface area (Å²) in [7, 11) is 0. The second-order valence-electron chi connectivity index (χ2n) is 4.07. The van der Waals surface area contributed by atoms with Gasteiger partial charge in [0.15, 0.2) is 0 Å². The van der Waals surface area contributed by atoms with E-state index in [0.717, 1.165) is 5.56 Å². The maximum Gasteiger partial charge on any atom is 1.00 e. The number of esters is 2. The van der Waals surface area contributed by atoms with Gasteiger partial charge in [0.25, 0.3) is 0 Å². The smallest absolute Gasteiger partial charge is 1.00 e. The number of amides is 1. The molecule has 104 valence electrons. The van der Waals surface area contributed by atoms with Crippen LogP contribution in [-0.2, 0) is 25.5 Å². The first-order chi connectivity index (χ1) is 8.99. The van der Waals surface area contributed by atoms with Gasteiger partial charge < -0.3 is 17.6 Å². The van der Waals surface area contributed by atoms with Gasteiger partial charge in [-0.3, -0.25) is 9.59 Å². The van der Waals surface area contributed by atoms with Gasteiger partial charge in [0, 0.05) is 6.42 Å². The Kier molecular flexibility index (Phi) is 9.07. The van der Waals surface area contributed by atoms with Crippen LogP contribution in [0.25, 0.3) is 0 Å². The Hall–Kier alpha value is -1.21. The first kappa shape index (κ1) is 18.8. The molecule has 4 N–H and O–H groups in total. The van der Waals surface area contributed by atoms with Gasteiger partial charge >= 0.3 is 41.5 Å². The van der Waals surface area contributed by atoms with Crippen LogP contribution in [0.3, 0.4) is 0 Å². The minimum absolute atomic E-state index is 0. The molecule has 0 saturated carbocycles. The number of carbonyl (C=O) groups is 3. The fraction of sp³-hybridized carbons (Fsp3) is 0.308. The van der Waals surface area contributed by atoms with Gasteiger partial charge in [-0.1, -0.05) is 30.3 Å². The van der Waals surface area contributed by atoms with Crippen LogP contribution in [0, 0.1) is 0 Å². The third-order valence-corrected chi connectivity index (χ3v) is 2.41. The Morgan fingerprint density at radius 3 is 2.35 bits per heavy atom. The summed E-state index contributed by atoms with van der Waals surface area (Å²) >= 11 is 0. The van der Waals surface area contributed by atoms with Crippen molar-refractivity contribution in [3.8, 4) is 0 Å². The normalized spacial score (nSPS) is 11.1. The van der Waals surface area contributed by atoms with E-state index in [0.29, 0.717) is 0 Å². The molecular formula is C13H17N2NaO4. The van der Waals surface area contributed by atoms with E-state index in [9.17, 15) is 14.4 Å². The summed E-state index contributed by atoms with van der Waals surface area (Å²) in [6.07, 6.45) is 0.0328. The summed E-state index contributed by atoms with van der Waals surface area (Å²) in [5.41, 5.74) is 11.1. The molecule has 0 aliphatic heterocycles. The monoisotopic (exact) mass is 288 g/mol. The van der Waals surface area contributed by atoms with Crippen molar-refractivity contribution in [2.75, 3.05) is 0 Å². The molecule has 1 rings (SSSR count). The topological polar surface area (TPSA) is 112 Å². The summed E-state index contributed by atoms with van der Waals surface area (Å²) in [6, 6.07) is 7.86. The van der Waals surface area contributed by atoms with Gasteiger partial charge in [-0.05, 0) is 12.0 Å². The average Bonchev–Trinajstić information content (AvgIpc) is 2.36. The Bertz CT molecular complexity index is 470. The molecule has 1 aromatic carbocycles. The van der Waals surface area contributed by atoms with Gasteiger partial charge in [-0.15, -0.1) is 0 Å². The quantitative estimate of drug-likeness (QED) is 0.329. The van der Waals surface area contributed by atoms with Crippen LogP contribution >= 0.6 is 0 Å². The van der Waals surface area contributed by atoms with E-state index in [2.05, 4.69) is 4.74 Å². The zero-order valence-electron chi connectivity index (χ0n) is 12.4. The molecule has 1 atom stereocenters. The second kappa shape index (κ2) is 9.66. The number of ether oxygens (including phenoxy) is 1. The summed E-state index contributed by atoms with van der Waals surface area (Å²) < 4.78 is 4.59. The molecule has 7 heteroatoms. The van der Waals surface area contributed by atoms with E-state index in [1.54, 1.807) is 24.3 Å². The Morgan fingerprint density at radius 2 is 1.80 bits per heavy atom. The second-order valence-corrected chi connectivity index (χ2v) is 4.07. The van der Waals surface area contributed by atoms with E-state index in [-0.39, 0.29) is 50.2 Å². The molecule has 6 nitrogen and oxygen atoms in total. The standard InChI is InChI=1S/C13H16N2O4.Na.H/c14-10(6-7-11(15)16)13(18)19-12(17)8-9-4-2-1-3-5-9;;/h1-5,10H,6-8,14H2,(H2,15,16);;/q;+1;-1/t10-;;/m0../s1. The minimum atomic E-state index is -1.02. The predicted octanol–water partition coefficient (Wildman–Crippen LogP) is -2.99. The van der Waals surface area contributed by atoms with Gasteiger partial charge in [0.1, 0.15) is 6.04 Å². The first-order valence-electron chi connectivity index (χ1n) is 5.81. The van der Waals surface area contributed by atoms with Gasteiger partial charge in [-0.25, -0.2) is 4.79 Å². The number of benzene rings is 1. The first-order valence-corrected chi connectivity index (χ1v) is 5.81. The molecule has 0 aliphatic carbocycles. The van der Waals surface area contributed by atoms with E-state index < -0.39 is 23.9 Å². The average molecular weight is 288 g/mol. The van der Waals surface area contributed by atoms with Crippen LogP contribution in [0.5, 0.6) is 0 Å². The predicted molar refractivity (Wildman–Crippen MR) is 68.8 cm³/mol. The molecule has 0 unspecified atom stereocenters. The van der Waals surface area contributed by atoms with Crippen LogP contribution < -0.4 is 41.0 Å². The maximum absolute atomic E-state index is 11.5. The summed E-state index contributed by atoms with van der Waals surface area (Å²) in [4.78, 5) is 33.4. The largest absolute Gasteiger partial charge is 1.00 e. The summed E-state index contributed by atoms with van der Waals surface area (Å²) in [6.45, 7) is 0. The molecule has 0 spiro atoms.